The lowest BCUT2D eigenvalue weighted by Gasteiger charge is -2.26. The van der Waals surface area contributed by atoms with Crippen LogP contribution < -0.4 is 9.47 Å². The minimum Gasteiger partial charge on any atom is -0.507 e. The second kappa shape index (κ2) is 12.3. The number of carbonyl (C=O) groups is 2. The highest BCUT2D eigenvalue weighted by Gasteiger charge is 2.46. The predicted molar refractivity (Wildman–Crippen MR) is 143 cm³/mol. The van der Waals surface area contributed by atoms with E-state index >= 15 is 0 Å². The second-order valence-corrected chi connectivity index (χ2v) is 8.97. The third kappa shape index (κ3) is 5.85. The molecule has 1 N–H and O–H groups in total. The average molecular weight is 500 g/mol. The van der Waals surface area contributed by atoms with Crippen LogP contribution in [0.3, 0.4) is 0 Å². The minimum absolute atomic E-state index is 0.0613. The number of hydrogen-bond donors (Lipinski definition) is 1. The first-order valence-corrected chi connectivity index (χ1v) is 12.8. The van der Waals surface area contributed by atoms with Crippen LogP contribution in [-0.2, 0) is 16.1 Å². The first kappa shape index (κ1) is 26.0. The number of Topliss-reactive ketones (excluding diaryl/α,β-unsaturated/α-hetero) is 1. The molecule has 0 aliphatic carbocycles. The SMILES string of the molecule is CCCCCOc1ccc(C2C(=C(O)c3ccccc3)C(=O)C(=O)N2Cc2ccccc2)cc1OCC. The molecule has 0 spiro atoms. The van der Waals surface area contributed by atoms with E-state index in [4.69, 9.17) is 9.47 Å². The van der Waals surface area contributed by atoms with Gasteiger partial charge in [0, 0.05) is 12.1 Å². The number of carbonyl (C=O) groups excluding carboxylic acids is 2. The van der Waals surface area contributed by atoms with E-state index in [2.05, 4.69) is 6.92 Å². The molecule has 1 heterocycles. The van der Waals surface area contributed by atoms with Crippen molar-refractivity contribution in [3.05, 3.63) is 101 Å². The number of ether oxygens (including phenoxy) is 2. The fourth-order valence-electron chi connectivity index (χ4n) is 4.54. The first-order chi connectivity index (χ1) is 18.0. The van der Waals surface area contributed by atoms with Crippen LogP contribution in [0.4, 0.5) is 0 Å². The number of aliphatic hydroxyl groups is 1. The normalized spacial score (nSPS) is 16.7. The van der Waals surface area contributed by atoms with Gasteiger partial charge in [0.05, 0.1) is 24.8 Å². The molecule has 6 heteroatoms. The van der Waals surface area contributed by atoms with Crippen molar-refractivity contribution in [2.75, 3.05) is 13.2 Å². The summed E-state index contributed by atoms with van der Waals surface area (Å²) < 4.78 is 11.9. The highest BCUT2D eigenvalue weighted by Crippen LogP contribution is 2.42. The summed E-state index contributed by atoms with van der Waals surface area (Å²) >= 11 is 0. The number of rotatable bonds is 11. The Hall–Kier alpha value is -4.06. The van der Waals surface area contributed by atoms with E-state index < -0.39 is 17.7 Å². The molecule has 1 aliphatic rings. The second-order valence-electron chi connectivity index (χ2n) is 8.97. The number of nitrogens with zero attached hydrogens (tertiary/aromatic N) is 1. The van der Waals surface area contributed by atoms with Crippen LogP contribution in [0.15, 0.2) is 84.4 Å². The van der Waals surface area contributed by atoms with Gasteiger partial charge in [-0.05, 0) is 36.6 Å². The van der Waals surface area contributed by atoms with Crippen LogP contribution in [0.2, 0.25) is 0 Å². The molecule has 1 unspecified atom stereocenters. The van der Waals surface area contributed by atoms with Crippen molar-refractivity contribution in [2.24, 2.45) is 0 Å². The molecule has 0 aromatic heterocycles. The minimum atomic E-state index is -0.784. The maximum atomic E-state index is 13.3. The maximum Gasteiger partial charge on any atom is 0.295 e. The van der Waals surface area contributed by atoms with Gasteiger partial charge >= 0.3 is 0 Å². The van der Waals surface area contributed by atoms with Crippen molar-refractivity contribution in [2.45, 2.75) is 45.7 Å². The molecule has 6 nitrogen and oxygen atoms in total. The number of amides is 1. The summed E-state index contributed by atoms with van der Waals surface area (Å²) in [7, 11) is 0. The van der Waals surface area contributed by atoms with E-state index in [9.17, 15) is 14.7 Å². The standard InChI is InChI=1S/C31H33NO5/c1-3-5-12-19-37-25-18-17-24(20-26(25)36-4-2)28-27(29(33)23-15-10-7-11-16-23)30(34)31(35)32(28)21-22-13-8-6-9-14-22/h6-11,13-18,20,28,33H,3-5,12,19,21H2,1-2H3. The molecule has 0 saturated carbocycles. The summed E-state index contributed by atoms with van der Waals surface area (Å²) in [6.07, 6.45) is 3.12. The van der Waals surface area contributed by atoms with E-state index in [1.165, 1.54) is 4.90 Å². The molecular weight excluding hydrogens is 466 g/mol. The summed E-state index contributed by atoms with van der Waals surface area (Å²) in [5.41, 5.74) is 2.09. The van der Waals surface area contributed by atoms with Gasteiger partial charge in [0.15, 0.2) is 11.5 Å². The molecular formula is C31H33NO5. The van der Waals surface area contributed by atoms with Crippen LogP contribution in [0.25, 0.3) is 5.76 Å². The Labute approximate surface area is 218 Å². The summed E-state index contributed by atoms with van der Waals surface area (Å²) in [6, 6.07) is 23.0. The van der Waals surface area contributed by atoms with Crippen LogP contribution >= 0.6 is 0 Å². The van der Waals surface area contributed by atoms with Gasteiger partial charge in [-0.3, -0.25) is 9.59 Å². The zero-order valence-corrected chi connectivity index (χ0v) is 21.4. The molecule has 0 radical (unpaired) electrons. The van der Waals surface area contributed by atoms with Gasteiger partial charge < -0.3 is 19.5 Å². The Morgan fingerprint density at radius 2 is 1.57 bits per heavy atom. The van der Waals surface area contributed by atoms with Crippen molar-refractivity contribution in [3.63, 3.8) is 0 Å². The first-order valence-electron chi connectivity index (χ1n) is 12.8. The van der Waals surface area contributed by atoms with Crippen LogP contribution in [0.5, 0.6) is 11.5 Å². The third-order valence-electron chi connectivity index (χ3n) is 6.37. The average Bonchev–Trinajstić information content (AvgIpc) is 3.17. The molecule has 1 fully saturated rings. The Balaban J connectivity index is 1.79. The highest BCUT2D eigenvalue weighted by molar-refractivity contribution is 6.46. The molecule has 4 rings (SSSR count). The lowest BCUT2D eigenvalue weighted by atomic mass is 9.95. The zero-order chi connectivity index (χ0) is 26.2. The topological polar surface area (TPSA) is 76.1 Å². The van der Waals surface area contributed by atoms with Crippen molar-refractivity contribution in [1.29, 1.82) is 0 Å². The Bertz CT molecular complexity index is 1250. The fourth-order valence-corrected chi connectivity index (χ4v) is 4.54. The van der Waals surface area contributed by atoms with Gasteiger partial charge in [-0.1, -0.05) is 86.5 Å². The Kier molecular flexibility index (Phi) is 8.62. The molecule has 0 bridgehead atoms. The quantitative estimate of drug-likeness (QED) is 0.146. The van der Waals surface area contributed by atoms with E-state index in [1.807, 2.05) is 61.5 Å². The Morgan fingerprint density at radius 1 is 0.865 bits per heavy atom. The van der Waals surface area contributed by atoms with Crippen LogP contribution in [0.1, 0.15) is 55.8 Å². The van der Waals surface area contributed by atoms with Gasteiger partial charge in [-0.2, -0.15) is 0 Å². The molecule has 1 aliphatic heterocycles. The number of ketones is 1. The van der Waals surface area contributed by atoms with Crippen molar-refractivity contribution in [3.8, 4) is 11.5 Å². The lowest BCUT2D eigenvalue weighted by Crippen LogP contribution is -2.29. The van der Waals surface area contributed by atoms with Gasteiger partial charge in [0.2, 0.25) is 0 Å². The largest absolute Gasteiger partial charge is 0.507 e. The molecule has 1 amide bonds. The number of benzene rings is 3. The molecule has 37 heavy (non-hydrogen) atoms. The molecule has 1 atom stereocenters. The van der Waals surface area contributed by atoms with Crippen molar-refractivity contribution < 1.29 is 24.2 Å². The summed E-state index contributed by atoms with van der Waals surface area (Å²) in [5, 5.41) is 11.2. The zero-order valence-electron chi connectivity index (χ0n) is 21.4. The number of aliphatic hydroxyl groups excluding tert-OH is 1. The molecule has 1 saturated heterocycles. The smallest absolute Gasteiger partial charge is 0.295 e. The summed E-state index contributed by atoms with van der Waals surface area (Å²) in [4.78, 5) is 28.1. The van der Waals surface area contributed by atoms with Gasteiger partial charge in [0.1, 0.15) is 5.76 Å². The number of hydrogen-bond acceptors (Lipinski definition) is 5. The third-order valence-corrected chi connectivity index (χ3v) is 6.37. The van der Waals surface area contributed by atoms with E-state index in [0.717, 1.165) is 24.8 Å². The van der Waals surface area contributed by atoms with Crippen LogP contribution in [-0.4, -0.2) is 34.9 Å². The van der Waals surface area contributed by atoms with Gasteiger partial charge in [-0.15, -0.1) is 0 Å². The van der Waals surface area contributed by atoms with Crippen LogP contribution in [0, 0.1) is 0 Å². The summed E-state index contributed by atoms with van der Waals surface area (Å²) in [5.74, 6) is -0.395. The number of likely N-dealkylation sites (tertiary alicyclic amines) is 1. The van der Waals surface area contributed by atoms with Gasteiger partial charge in [-0.25, -0.2) is 0 Å². The van der Waals surface area contributed by atoms with E-state index in [1.54, 1.807) is 24.3 Å². The monoisotopic (exact) mass is 499 g/mol. The molecule has 3 aromatic carbocycles. The van der Waals surface area contributed by atoms with Gasteiger partial charge in [0.25, 0.3) is 11.7 Å². The van der Waals surface area contributed by atoms with Crippen molar-refractivity contribution in [1.82, 2.24) is 4.90 Å². The Morgan fingerprint density at radius 3 is 2.24 bits per heavy atom. The summed E-state index contributed by atoms with van der Waals surface area (Å²) in [6.45, 7) is 5.27. The number of unbranched alkanes of at least 4 members (excludes halogenated alkanes) is 2. The fraction of sp³-hybridized carbons (Fsp3) is 0.290. The van der Waals surface area contributed by atoms with E-state index in [0.29, 0.717) is 35.8 Å². The lowest BCUT2D eigenvalue weighted by molar-refractivity contribution is -0.140. The maximum absolute atomic E-state index is 13.3. The van der Waals surface area contributed by atoms with Crippen molar-refractivity contribution >= 4 is 17.4 Å². The highest BCUT2D eigenvalue weighted by atomic mass is 16.5. The predicted octanol–water partition coefficient (Wildman–Crippen LogP) is 6.28. The molecule has 3 aromatic rings. The van der Waals surface area contributed by atoms with E-state index in [-0.39, 0.29) is 17.9 Å². The molecule has 192 valence electrons.